The van der Waals surface area contributed by atoms with Crippen LogP contribution in [0.4, 0.5) is 0 Å². The van der Waals surface area contributed by atoms with E-state index in [0.29, 0.717) is 6.42 Å². The van der Waals surface area contributed by atoms with Crippen LogP contribution in [0.2, 0.25) is 0 Å². The second-order valence-electron chi connectivity index (χ2n) is 5.97. The molecule has 0 fully saturated rings. The topological polar surface area (TPSA) is 67.1 Å². The van der Waals surface area contributed by atoms with E-state index in [2.05, 4.69) is 10.6 Å². The quantitative estimate of drug-likeness (QED) is 0.621. The van der Waals surface area contributed by atoms with Crippen LogP contribution >= 0.6 is 0 Å². The van der Waals surface area contributed by atoms with Crippen molar-refractivity contribution >= 4 is 5.91 Å². The van der Waals surface area contributed by atoms with E-state index < -0.39 is 6.04 Å². The molecule has 24 heavy (non-hydrogen) atoms. The summed E-state index contributed by atoms with van der Waals surface area (Å²) in [5, 5.41) is 6.22. The van der Waals surface area contributed by atoms with Crippen molar-refractivity contribution in [2.45, 2.75) is 31.3 Å². The third kappa shape index (κ3) is 5.48. The second kappa shape index (κ2) is 9.85. The largest absolute Gasteiger partial charge is 0.344 e. The van der Waals surface area contributed by atoms with Gasteiger partial charge in [0.2, 0.25) is 5.91 Å². The zero-order valence-corrected chi connectivity index (χ0v) is 14.2. The summed E-state index contributed by atoms with van der Waals surface area (Å²) in [5.41, 5.74) is 8.18. The molecule has 0 bridgehead atoms. The van der Waals surface area contributed by atoms with E-state index in [4.69, 9.17) is 5.73 Å². The van der Waals surface area contributed by atoms with E-state index in [1.54, 1.807) is 0 Å². The molecule has 0 heterocycles. The highest BCUT2D eigenvalue weighted by atomic mass is 16.2. The first kappa shape index (κ1) is 18.2. The predicted molar refractivity (Wildman–Crippen MR) is 98.6 cm³/mol. The molecule has 0 radical (unpaired) electrons. The molecule has 128 valence electrons. The first-order chi connectivity index (χ1) is 11.7. The van der Waals surface area contributed by atoms with Gasteiger partial charge in [0.15, 0.2) is 0 Å². The minimum Gasteiger partial charge on any atom is -0.344 e. The van der Waals surface area contributed by atoms with Crippen LogP contribution in [0.1, 0.15) is 36.4 Å². The van der Waals surface area contributed by atoms with Gasteiger partial charge in [0.25, 0.3) is 0 Å². The minimum absolute atomic E-state index is 0.0998. The highest BCUT2D eigenvalue weighted by Gasteiger charge is 2.20. The number of nitrogens with two attached hydrogens (primary N) is 1. The van der Waals surface area contributed by atoms with Gasteiger partial charge in [-0.25, -0.2) is 0 Å². The van der Waals surface area contributed by atoms with Crippen molar-refractivity contribution in [3.63, 3.8) is 0 Å². The van der Waals surface area contributed by atoms with Gasteiger partial charge in [-0.3, -0.25) is 4.79 Å². The van der Waals surface area contributed by atoms with Gasteiger partial charge >= 0.3 is 0 Å². The fourth-order valence-corrected chi connectivity index (χ4v) is 2.70. The van der Waals surface area contributed by atoms with Crippen molar-refractivity contribution in [2.75, 3.05) is 13.6 Å². The average Bonchev–Trinajstić information content (AvgIpc) is 2.64. The van der Waals surface area contributed by atoms with Crippen molar-refractivity contribution in [1.82, 2.24) is 10.6 Å². The van der Waals surface area contributed by atoms with Gasteiger partial charge in [-0.15, -0.1) is 0 Å². The number of hydrogen-bond donors (Lipinski definition) is 3. The lowest BCUT2D eigenvalue weighted by Gasteiger charge is -2.22. The standard InChI is InChI=1S/C20H27N3O/c1-22-15-9-8-14-18(21)20(24)23-19(16-10-4-2-5-11-16)17-12-6-3-7-13-17/h2-7,10-13,18-19,22H,8-9,14-15,21H2,1H3,(H,23,24). The normalized spacial score (nSPS) is 12.1. The number of benzene rings is 2. The molecule has 0 aliphatic rings. The van der Waals surface area contributed by atoms with Crippen LogP contribution in [0.15, 0.2) is 60.7 Å². The van der Waals surface area contributed by atoms with Gasteiger partial charge in [-0.2, -0.15) is 0 Å². The Hall–Kier alpha value is -2.17. The van der Waals surface area contributed by atoms with Gasteiger partial charge in [0.1, 0.15) is 0 Å². The molecule has 2 aromatic rings. The lowest BCUT2D eigenvalue weighted by Crippen LogP contribution is -2.42. The summed E-state index contributed by atoms with van der Waals surface area (Å²) in [6.45, 7) is 0.949. The molecule has 0 saturated carbocycles. The van der Waals surface area contributed by atoms with Crippen LogP contribution in [-0.2, 0) is 4.79 Å². The zero-order valence-electron chi connectivity index (χ0n) is 14.2. The molecule has 0 aromatic heterocycles. The molecular formula is C20H27N3O. The SMILES string of the molecule is CNCCCCC(N)C(=O)NC(c1ccccc1)c1ccccc1. The van der Waals surface area contributed by atoms with Gasteiger partial charge in [0, 0.05) is 0 Å². The van der Waals surface area contributed by atoms with E-state index in [-0.39, 0.29) is 11.9 Å². The Morgan fingerprint density at radius 2 is 1.50 bits per heavy atom. The summed E-state index contributed by atoms with van der Waals surface area (Å²) in [5.74, 6) is -0.0998. The second-order valence-corrected chi connectivity index (χ2v) is 5.97. The minimum atomic E-state index is -0.475. The zero-order chi connectivity index (χ0) is 17.2. The molecular weight excluding hydrogens is 298 g/mol. The summed E-state index contributed by atoms with van der Waals surface area (Å²) >= 11 is 0. The summed E-state index contributed by atoms with van der Waals surface area (Å²) in [6.07, 6.45) is 2.67. The Balaban J connectivity index is 2.04. The Morgan fingerprint density at radius 3 is 2.00 bits per heavy atom. The molecule has 0 aliphatic carbocycles. The Morgan fingerprint density at radius 1 is 0.958 bits per heavy atom. The van der Waals surface area contributed by atoms with Crippen LogP contribution in [0.25, 0.3) is 0 Å². The summed E-state index contributed by atoms with van der Waals surface area (Å²) in [4.78, 5) is 12.5. The van der Waals surface area contributed by atoms with Crippen LogP contribution < -0.4 is 16.4 Å². The van der Waals surface area contributed by atoms with E-state index in [0.717, 1.165) is 30.5 Å². The van der Waals surface area contributed by atoms with Crippen LogP contribution in [0.5, 0.6) is 0 Å². The predicted octanol–water partition coefficient (Wildman–Crippen LogP) is 2.61. The maximum Gasteiger partial charge on any atom is 0.237 e. The fraction of sp³-hybridized carbons (Fsp3) is 0.350. The molecule has 1 amide bonds. The van der Waals surface area contributed by atoms with Crippen molar-refractivity contribution in [3.8, 4) is 0 Å². The number of carbonyl (C=O) groups is 1. The lowest BCUT2D eigenvalue weighted by molar-refractivity contribution is -0.123. The third-order valence-electron chi connectivity index (χ3n) is 4.08. The highest BCUT2D eigenvalue weighted by molar-refractivity contribution is 5.82. The molecule has 2 aromatic carbocycles. The van der Waals surface area contributed by atoms with Crippen LogP contribution in [0.3, 0.4) is 0 Å². The molecule has 4 heteroatoms. The summed E-state index contributed by atoms with van der Waals surface area (Å²) in [7, 11) is 1.93. The van der Waals surface area contributed by atoms with E-state index >= 15 is 0 Å². The number of unbranched alkanes of at least 4 members (excludes halogenated alkanes) is 1. The molecule has 4 nitrogen and oxygen atoms in total. The van der Waals surface area contributed by atoms with Crippen molar-refractivity contribution in [2.24, 2.45) is 5.73 Å². The Bertz CT molecular complexity index is 561. The molecule has 1 atom stereocenters. The van der Waals surface area contributed by atoms with Gasteiger partial charge in [-0.1, -0.05) is 67.1 Å². The number of nitrogens with one attached hydrogen (secondary N) is 2. The van der Waals surface area contributed by atoms with Gasteiger partial charge in [-0.05, 0) is 37.6 Å². The van der Waals surface area contributed by atoms with Gasteiger partial charge < -0.3 is 16.4 Å². The molecule has 2 rings (SSSR count). The Kier molecular flexibility index (Phi) is 7.46. The van der Waals surface area contributed by atoms with Gasteiger partial charge in [0.05, 0.1) is 12.1 Å². The first-order valence-corrected chi connectivity index (χ1v) is 8.53. The monoisotopic (exact) mass is 325 g/mol. The number of rotatable bonds is 9. The third-order valence-corrected chi connectivity index (χ3v) is 4.08. The number of hydrogen-bond acceptors (Lipinski definition) is 3. The molecule has 0 aliphatic heterocycles. The van der Waals surface area contributed by atoms with Crippen molar-refractivity contribution in [3.05, 3.63) is 71.8 Å². The number of amides is 1. The summed E-state index contributed by atoms with van der Waals surface area (Å²) < 4.78 is 0. The average molecular weight is 325 g/mol. The maximum absolute atomic E-state index is 12.5. The molecule has 0 saturated heterocycles. The molecule has 1 unspecified atom stereocenters. The van der Waals surface area contributed by atoms with E-state index in [1.807, 2.05) is 67.7 Å². The van der Waals surface area contributed by atoms with Crippen molar-refractivity contribution < 1.29 is 4.79 Å². The van der Waals surface area contributed by atoms with E-state index in [1.165, 1.54) is 0 Å². The fourth-order valence-electron chi connectivity index (χ4n) is 2.70. The van der Waals surface area contributed by atoms with Crippen LogP contribution in [-0.4, -0.2) is 25.5 Å². The Labute approximate surface area is 144 Å². The van der Waals surface area contributed by atoms with Crippen LogP contribution in [0, 0.1) is 0 Å². The van der Waals surface area contributed by atoms with E-state index in [9.17, 15) is 4.79 Å². The first-order valence-electron chi connectivity index (χ1n) is 8.53. The maximum atomic E-state index is 12.5. The highest BCUT2D eigenvalue weighted by Crippen LogP contribution is 2.21. The molecule has 0 spiro atoms. The molecule has 4 N–H and O–H groups in total. The lowest BCUT2D eigenvalue weighted by atomic mass is 9.98. The number of carbonyl (C=O) groups excluding carboxylic acids is 1. The summed E-state index contributed by atoms with van der Waals surface area (Å²) in [6, 6.07) is 19.3. The smallest absolute Gasteiger partial charge is 0.237 e. The van der Waals surface area contributed by atoms with Crippen molar-refractivity contribution in [1.29, 1.82) is 0 Å².